The molecule has 3 rings (SSSR count). The monoisotopic (exact) mass is 321 g/mol. The van der Waals surface area contributed by atoms with Gasteiger partial charge in [-0.25, -0.2) is 0 Å². The van der Waals surface area contributed by atoms with Crippen LogP contribution in [-0.2, 0) is 6.42 Å². The van der Waals surface area contributed by atoms with Gasteiger partial charge in [0.25, 0.3) is 0 Å². The first kappa shape index (κ1) is 12.8. The molecule has 19 heavy (non-hydrogen) atoms. The smallest absolute Gasteiger partial charge is 0.228 e. The Balaban J connectivity index is 1.77. The minimum atomic E-state index is -0.149. The first-order valence-corrected chi connectivity index (χ1v) is 7.31. The van der Waals surface area contributed by atoms with E-state index >= 15 is 0 Å². The zero-order valence-electron chi connectivity index (χ0n) is 10.6. The number of hydrogen-bond acceptors (Lipinski definition) is 4. The number of nitrogens with zero attached hydrogens (tertiary/aromatic N) is 2. The van der Waals surface area contributed by atoms with E-state index in [0.717, 1.165) is 22.9 Å². The maximum Gasteiger partial charge on any atom is 0.228 e. The molecular weight excluding hydrogens is 306 g/mol. The summed E-state index contributed by atoms with van der Waals surface area (Å²) in [5, 5.41) is 4.03. The van der Waals surface area contributed by atoms with Gasteiger partial charge in [-0.1, -0.05) is 33.9 Å². The average molecular weight is 322 g/mol. The quantitative estimate of drug-likeness (QED) is 0.941. The van der Waals surface area contributed by atoms with Crippen molar-refractivity contribution in [3.05, 3.63) is 34.6 Å². The molecule has 2 N–H and O–H groups in total. The molecule has 0 unspecified atom stereocenters. The molecule has 0 spiro atoms. The first-order valence-electron chi connectivity index (χ1n) is 6.52. The van der Waals surface area contributed by atoms with Crippen molar-refractivity contribution in [3.8, 4) is 11.4 Å². The van der Waals surface area contributed by atoms with E-state index in [1.165, 1.54) is 12.8 Å². The Morgan fingerprint density at radius 2 is 1.89 bits per heavy atom. The van der Waals surface area contributed by atoms with Gasteiger partial charge in [0.2, 0.25) is 11.7 Å². The first-order chi connectivity index (χ1) is 9.15. The zero-order valence-corrected chi connectivity index (χ0v) is 12.2. The third kappa shape index (κ3) is 2.87. The summed E-state index contributed by atoms with van der Waals surface area (Å²) in [6, 6.07) is 7.86. The Morgan fingerprint density at radius 3 is 2.58 bits per heavy atom. The standard InChI is InChI=1S/C14H16BrN3O/c15-11-5-3-10(4-6-11)13-17-12(19-18-13)9-14(16)7-1-2-8-14/h3-6H,1-2,7-9,16H2. The second-order valence-electron chi connectivity index (χ2n) is 5.26. The van der Waals surface area contributed by atoms with Crippen molar-refractivity contribution < 1.29 is 4.52 Å². The number of halogens is 1. The van der Waals surface area contributed by atoms with Gasteiger partial charge in [0, 0.05) is 22.0 Å². The summed E-state index contributed by atoms with van der Waals surface area (Å²) in [6.07, 6.45) is 5.16. The van der Waals surface area contributed by atoms with Gasteiger partial charge in [0.15, 0.2) is 0 Å². The summed E-state index contributed by atoms with van der Waals surface area (Å²) in [5.74, 6) is 1.27. The second kappa shape index (κ2) is 5.06. The molecule has 1 saturated carbocycles. The van der Waals surface area contributed by atoms with E-state index in [-0.39, 0.29) is 5.54 Å². The molecule has 2 aromatic rings. The lowest BCUT2D eigenvalue weighted by Gasteiger charge is -2.20. The molecule has 1 heterocycles. The Morgan fingerprint density at radius 1 is 1.21 bits per heavy atom. The van der Waals surface area contributed by atoms with Gasteiger partial charge in [0.1, 0.15) is 0 Å². The van der Waals surface area contributed by atoms with Crippen LogP contribution in [0.3, 0.4) is 0 Å². The SMILES string of the molecule is NC1(Cc2nc(-c3ccc(Br)cc3)no2)CCCC1. The highest BCUT2D eigenvalue weighted by Crippen LogP contribution is 2.30. The largest absolute Gasteiger partial charge is 0.339 e. The van der Waals surface area contributed by atoms with Gasteiger partial charge in [-0.15, -0.1) is 0 Å². The van der Waals surface area contributed by atoms with Crippen molar-refractivity contribution in [2.75, 3.05) is 0 Å². The molecular formula is C14H16BrN3O. The van der Waals surface area contributed by atoms with Crippen molar-refractivity contribution >= 4 is 15.9 Å². The fourth-order valence-electron chi connectivity index (χ4n) is 2.60. The minimum absolute atomic E-state index is 0.149. The van der Waals surface area contributed by atoms with Crippen LogP contribution < -0.4 is 5.73 Å². The summed E-state index contributed by atoms with van der Waals surface area (Å²) < 4.78 is 6.36. The van der Waals surface area contributed by atoms with Gasteiger partial charge in [0.05, 0.1) is 0 Å². The van der Waals surface area contributed by atoms with E-state index in [1.54, 1.807) is 0 Å². The molecule has 1 aromatic heterocycles. The molecule has 1 aromatic carbocycles. The van der Waals surface area contributed by atoms with Gasteiger partial charge in [-0.05, 0) is 37.1 Å². The topological polar surface area (TPSA) is 64.9 Å². The van der Waals surface area contributed by atoms with Crippen LogP contribution in [0.25, 0.3) is 11.4 Å². The third-order valence-electron chi connectivity index (χ3n) is 3.67. The number of rotatable bonds is 3. The van der Waals surface area contributed by atoms with Crippen LogP contribution >= 0.6 is 15.9 Å². The Labute approximate surface area is 120 Å². The number of aromatic nitrogens is 2. The molecule has 100 valence electrons. The fraction of sp³-hybridized carbons (Fsp3) is 0.429. The molecule has 0 amide bonds. The van der Waals surface area contributed by atoms with E-state index < -0.39 is 0 Å². The van der Waals surface area contributed by atoms with Crippen LogP contribution in [0.4, 0.5) is 0 Å². The summed E-state index contributed by atoms with van der Waals surface area (Å²) in [4.78, 5) is 4.45. The van der Waals surface area contributed by atoms with E-state index in [2.05, 4.69) is 26.1 Å². The second-order valence-corrected chi connectivity index (χ2v) is 6.18. The predicted octanol–water partition coefficient (Wildman–Crippen LogP) is 3.31. The summed E-state index contributed by atoms with van der Waals surface area (Å²) in [5.41, 5.74) is 7.13. The lowest BCUT2D eigenvalue weighted by Crippen LogP contribution is -2.38. The number of nitrogens with two attached hydrogens (primary N) is 1. The molecule has 0 radical (unpaired) electrons. The van der Waals surface area contributed by atoms with Gasteiger partial charge < -0.3 is 10.3 Å². The van der Waals surface area contributed by atoms with Crippen LogP contribution in [0.2, 0.25) is 0 Å². The fourth-order valence-corrected chi connectivity index (χ4v) is 2.86. The minimum Gasteiger partial charge on any atom is -0.339 e. The van der Waals surface area contributed by atoms with Crippen LogP contribution in [0.15, 0.2) is 33.3 Å². The number of benzene rings is 1. The molecule has 0 saturated heterocycles. The Kier molecular flexibility index (Phi) is 3.41. The Bertz CT molecular complexity index is 558. The van der Waals surface area contributed by atoms with Crippen LogP contribution in [0.5, 0.6) is 0 Å². The van der Waals surface area contributed by atoms with Crippen molar-refractivity contribution in [1.82, 2.24) is 10.1 Å². The highest BCUT2D eigenvalue weighted by molar-refractivity contribution is 9.10. The van der Waals surface area contributed by atoms with Crippen molar-refractivity contribution in [2.24, 2.45) is 5.73 Å². The highest BCUT2D eigenvalue weighted by atomic mass is 79.9. The maximum absolute atomic E-state index is 6.32. The predicted molar refractivity (Wildman–Crippen MR) is 76.5 cm³/mol. The molecule has 0 atom stereocenters. The van der Waals surface area contributed by atoms with E-state index in [0.29, 0.717) is 18.1 Å². The molecule has 1 aliphatic carbocycles. The maximum atomic E-state index is 6.32. The molecule has 1 fully saturated rings. The van der Waals surface area contributed by atoms with Crippen molar-refractivity contribution in [3.63, 3.8) is 0 Å². The van der Waals surface area contributed by atoms with Gasteiger partial charge in [-0.3, -0.25) is 0 Å². The van der Waals surface area contributed by atoms with E-state index in [1.807, 2.05) is 24.3 Å². The van der Waals surface area contributed by atoms with Crippen LogP contribution in [-0.4, -0.2) is 15.7 Å². The molecule has 1 aliphatic rings. The lowest BCUT2D eigenvalue weighted by atomic mass is 9.95. The van der Waals surface area contributed by atoms with Crippen LogP contribution in [0, 0.1) is 0 Å². The van der Waals surface area contributed by atoms with Gasteiger partial charge in [-0.2, -0.15) is 4.98 Å². The molecule has 0 aliphatic heterocycles. The average Bonchev–Trinajstić information content (AvgIpc) is 3.00. The summed E-state index contributed by atoms with van der Waals surface area (Å²) in [6.45, 7) is 0. The zero-order chi connectivity index (χ0) is 13.3. The summed E-state index contributed by atoms with van der Waals surface area (Å²) in [7, 11) is 0. The van der Waals surface area contributed by atoms with Crippen molar-refractivity contribution in [1.29, 1.82) is 0 Å². The van der Waals surface area contributed by atoms with Gasteiger partial charge >= 0.3 is 0 Å². The summed E-state index contributed by atoms with van der Waals surface area (Å²) >= 11 is 3.41. The molecule has 5 heteroatoms. The van der Waals surface area contributed by atoms with Crippen LogP contribution in [0.1, 0.15) is 31.6 Å². The highest BCUT2D eigenvalue weighted by Gasteiger charge is 2.31. The molecule has 0 bridgehead atoms. The van der Waals surface area contributed by atoms with E-state index in [9.17, 15) is 0 Å². The number of hydrogen-bond donors (Lipinski definition) is 1. The van der Waals surface area contributed by atoms with Crippen molar-refractivity contribution in [2.45, 2.75) is 37.6 Å². The Hall–Kier alpha value is -1.20. The lowest BCUT2D eigenvalue weighted by molar-refractivity contribution is 0.329. The molecule has 4 nitrogen and oxygen atoms in total. The normalized spacial score (nSPS) is 17.8. The third-order valence-corrected chi connectivity index (χ3v) is 4.20. The van der Waals surface area contributed by atoms with E-state index in [4.69, 9.17) is 10.3 Å².